The number of hydrogen-bond donors (Lipinski definition) is 0. The molecule has 1 heteroatoms. The van der Waals surface area contributed by atoms with Gasteiger partial charge in [0.05, 0.1) is 0 Å². The normalized spacial score (nSPS) is 16.5. The van der Waals surface area contributed by atoms with E-state index < -0.39 is 0 Å². The molecule has 0 bridgehead atoms. The van der Waals surface area contributed by atoms with E-state index >= 15 is 0 Å². The lowest BCUT2D eigenvalue weighted by Gasteiger charge is -2.03. The van der Waals surface area contributed by atoms with Crippen molar-refractivity contribution in [3.63, 3.8) is 0 Å². The van der Waals surface area contributed by atoms with Crippen LogP contribution in [0.25, 0.3) is 0 Å². The molecule has 0 saturated heterocycles. The van der Waals surface area contributed by atoms with Crippen molar-refractivity contribution in [1.82, 2.24) is 0 Å². The number of carbonyl (C=O) groups is 1. The minimum absolute atomic E-state index is 0.481. The molecular formula is C12H22O. The molecular weight excluding hydrogens is 160 g/mol. The molecule has 0 aromatic heterocycles. The number of Topliss-reactive ketones (excluding diaryl/α,β-unsaturated/α-hetero) is 1. The van der Waals surface area contributed by atoms with Gasteiger partial charge in [0.2, 0.25) is 0 Å². The molecule has 0 spiro atoms. The lowest BCUT2D eigenvalue weighted by atomic mass is 10.0. The smallest absolute Gasteiger partial charge is 0.132 e. The van der Waals surface area contributed by atoms with Gasteiger partial charge in [-0.1, -0.05) is 33.1 Å². The van der Waals surface area contributed by atoms with Crippen molar-refractivity contribution in [1.29, 1.82) is 0 Å². The molecule has 1 saturated carbocycles. The second-order valence-electron chi connectivity index (χ2n) is 4.81. The van der Waals surface area contributed by atoms with E-state index in [1.54, 1.807) is 0 Å². The van der Waals surface area contributed by atoms with Crippen LogP contribution in [0.2, 0.25) is 0 Å². The Hall–Kier alpha value is -0.330. The first kappa shape index (κ1) is 10.7. The first-order valence-electron chi connectivity index (χ1n) is 5.70. The summed E-state index contributed by atoms with van der Waals surface area (Å²) in [5, 5.41) is 0. The number of ketones is 1. The van der Waals surface area contributed by atoms with Crippen molar-refractivity contribution in [2.24, 2.45) is 11.8 Å². The summed E-state index contributed by atoms with van der Waals surface area (Å²) in [6.45, 7) is 4.36. The predicted octanol–water partition coefficient (Wildman–Crippen LogP) is 3.57. The molecule has 1 aliphatic rings. The molecule has 0 radical (unpaired) electrons. The lowest BCUT2D eigenvalue weighted by Crippen LogP contribution is -2.00. The van der Waals surface area contributed by atoms with Gasteiger partial charge in [-0.2, -0.15) is 0 Å². The first-order chi connectivity index (χ1) is 6.18. The van der Waals surface area contributed by atoms with E-state index in [1.807, 2.05) is 0 Å². The number of rotatable bonds is 7. The van der Waals surface area contributed by atoms with Gasteiger partial charge in [-0.05, 0) is 24.7 Å². The van der Waals surface area contributed by atoms with Crippen LogP contribution in [0.1, 0.15) is 58.8 Å². The molecule has 0 amide bonds. The van der Waals surface area contributed by atoms with Gasteiger partial charge >= 0.3 is 0 Å². The van der Waals surface area contributed by atoms with Gasteiger partial charge in [-0.25, -0.2) is 0 Å². The fraction of sp³-hybridized carbons (Fsp3) is 0.917. The lowest BCUT2D eigenvalue weighted by molar-refractivity contribution is -0.119. The molecule has 1 rings (SSSR count). The van der Waals surface area contributed by atoms with Crippen LogP contribution in [-0.4, -0.2) is 5.78 Å². The predicted molar refractivity (Wildman–Crippen MR) is 55.7 cm³/mol. The van der Waals surface area contributed by atoms with Crippen molar-refractivity contribution >= 4 is 5.78 Å². The van der Waals surface area contributed by atoms with E-state index in [4.69, 9.17) is 0 Å². The van der Waals surface area contributed by atoms with E-state index in [0.717, 1.165) is 31.6 Å². The molecule has 1 fully saturated rings. The first-order valence-corrected chi connectivity index (χ1v) is 5.70. The monoisotopic (exact) mass is 182 g/mol. The van der Waals surface area contributed by atoms with Crippen LogP contribution in [0.4, 0.5) is 0 Å². The third-order valence-electron chi connectivity index (χ3n) is 2.77. The Morgan fingerprint density at radius 3 is 2.54 bits per heavy atom. The summed E-state index contributed by atoms with van der Waals surface area (Å²) in [5.41, 5.74) is 0. The average Bonchev–Trinajstić information content (AvgIpc) is 2.84. The number of carbonyl (C=O) groups excluding carboxylic acids is 1. The highest BCUT2D eigenvalue weighted by Gasteiger charge is 2.20. The van der Waals surface area contributed by atoms with Gasteiger partial charge in [0.15, 0.2) is 0 Å². The Bertz CT molecular complexity index is 157. The maximum absolute atomic E-state index is 11.3. The second-order valence-corrected chi connectivity index (χ2v) is 4.81. The summed E-state index contributed by atoms with van der Waals surface area (Å²) in [5.74, 6) is 2.14. The molecule has 0 N–H and O–H groups in total. The van der Waals surface area contributed by atoms with Crippen molar-refractivity contribution in [2.75, 3.05) is 0 Å². The molecule has 13 heavy (non-hydrogen) atoms. The fourth-order valence-corrected chi connectivity index (χ4v) is 1.57. The largest absolute Gasteiger partial charge is 0.300 e. The van der Waals surface area contributed by atoms with Gasteiger partial charge in [0.1, 0.15) is 5.78 Å². The molecule has 76 valence electrons. The highest BCUT2D eigenvalue weighted by molar-refractivity contribution is 5.78. The second kappa shape index (κ2) is 5.41. The summed E-state index contributed by atoms with van der Waals surface area (Å²) in [7, 11) is 0. The van der Waals surface area contributed by atoms with Crippen molar-refractivity contribution < 1.29 is 4.79 Å². The van der Waals surface area contributed by atoms with Crippen molar-refractivity contribution in [2.45, 2.75) is 58.8 Å². The molecule has 0 aliphatic heterocycles. The standard InChI is InChI=1S/C12H22O/c1-10(2)6-9-12(13)5-3-4-11-7-8-11/h10-11H,3-9H2,1-2H3. The van der Waals surface area contributed by atoms with E-state index in [1.165, 1.54) is 19.3 Å². The minimum Gasteiger partial charge on any atom is -0.300 e. The molecule has 1 aliphatic carbocycles. The molecule has 0 atom stereocenters. The van der Waals surface area contributed by atoms with Crippen LogP contribution in [-0.2, 0) is 4.79 Å². The van der Waals surface area contributed by atoms with Crippen LogP contribution in [0.3, 0.4) is 0 Å². The Balaban J connectivity index is 1.90. The van der Waals surface area contributed by atoms with E-state index in [-0.39, 0.29) is 0 Å². The maximum Gasteiger partial charge on any atom is 0.132 e. The topological polar surface area (TPSA) is 17.1 Å². The molecule has 0 unspecified atom stereocenters. The summed E-state index contributed by atoms with van der Waals surface area (Å²) < 4.78 is 0. The van der Waals surface area contributed by atoms with Crippen LogP contribution in [0.5, 0.6) is 0 Å². The zero-order chi connectivity index (χ0) is 9.68. The Morgan fingerprint density at radius 1 is 1.31 bits per heavy atom. The van der Waals surface area contributed by atoms with E-state index in [9.17, 15) is 4.79 Å². The van der Waals surface area contributed by atoms with Gasteiger partial charge in [0.25, 0.3) is 0 Å². The molecule has 0 aromatic carbocycles. The van der Waals surface area contributed by atoms with Gasteiger partial charge in [-0.15, -0.1) is 0 Å². The van der Waals surface area contributed by atoms with Crippen LogP contribution >= 0.6 is 0 Å². The van der Waals surface area contributed by atoms with Crippen LogP contribution < -0.4 is 0 Å². The van der Waals surface area contributed by atoms with Gasteiger partial charge in [0, 0.05) is 12.8 Å². The molecule has 1 nitrogen and oxygen atoms in total. The third-order valence-corrected chi connectivity index (χ3v) is 2.77. The Kier molecular flexibility index (Phi) is 4.47. The van der Waals surface area contributed by atoms with Gasteiger partial charge < -0.3 is 0 Å². The highest BCUT2D eigenvalue weighted by Crippen LogP contribution is 2.33. The molecule has 0 heterocycles. The maximum atomic E-state index is 11.3. The SMILES string of the molecule is CC(C)CCC(=O)CCCC1CC1. The van der Waals surface area contributed by atoms with E-state index in [0.29, 0.717) is 11.7 Å². The Labute approximate surface area is 81.9 Å². The third kappa shape index (κ3) is 5.84. The van der Waals surface area contributed by atoms with E-state index in [2.05, 4.69) is 13.8 Å². The highest BCUT2D eigenvalue weighted by atomic mass is 16.1. The summed E-state index contributed by atoms with van der Waals surface area (Å²) in [4.78, 5) is 11.3. The summed E-state index contributed by atoms with van der Waals surface area (Å²) in [6.07, 6.45) is 7.99. The van der Waals surface area contributed by atoms with Gasteiger partial charge in [-0.3, -0.25) is 4.79 Å². The summed E-state index contributed by atoms with van der Waals surface area (Å²) in [6, 6.07) is 0. The summed E-state index contributed by atoms with van der Waals surface area (Å²) >= 11 is 0. The van der Waals surface area contributed by atoms with Crippen molar-refractivity contribution in [3.8, 4) is 0 Å². The molecule has 0 aromatic rings. The Morgan fingerprint density at radius 2 is 2.00 bits per heavy atom. The van der Waals surface area contributed by atoms with Crippen LogP contribution in [0.15, 0.2) is 0 Å². The zero-order valence-electron chi connectivity index (χ0n) is 9.01. The minimum atomic E-state index is 0.481. The fourth-order valence-electron chi connectivity index (χ4n) is 1.57. The van der Waals surface area contributed by atoms with Crippen LogP contribution in [0, 0.1) is 11.8 Å². The zero-order valence-corrected chi connectivity index (χ0v) is 9.01. The quantitative estimate of drug-likeness (QED) is 0.588. The van der Waals surface area contributed by atoms with Crippen molar-refractivity contribution in [3.05, 3.63) is 0 Å². The average molecular weight is 182 g/mol. The number of hydrogen-bond acceptors (Lipinski definition) is 1.